The number of carbonyl (C=O) groups excluding carboxylic acids is 2. The standard InChI is InChI=1S/C23H22F3N5O2/c1-28-9-11-29(12-10-28)22(33)30-14-18-20(17-13-15(23(24,25)26)7-8-19(17)30)27-31(21(18)32)16-5-3-2-4-6-16/h2-8,13-14,20,27H,9-12H2,1H3. The van der Waals surface area contributed by atoms with E-state index in [1.807, 2.05) is 7.05 Å². The van der Waals surface area contributed by atoms with Crippen molar-refractivity contribution in [1.29, 1.82) is 0 Å². The van der Waals surface area contributed by atoms with E-state index in [0.717, 1.165) is 12.1 Å². The van der Waals surface area contributed by atoms with Crippen LogP contribution in [0.15, 0.2) is 60.3 Å². The molecule has 1 unspecified atom stereocenters. The van der Waals surface area contributed by atoms with Gasteiger partial charge in [0, 0.05) is 37.9 Å². The molecule has 5 rings (SSSR count). The second kappa shape index (κ2) is 7.89. The SMILES string of the molecule is CN1CCN(C(=O)N2C=C3C(=O)N(c4ccccc4)NC3c3cc(C(F)(F)F)ccc32)CC1. The molecule has 3 aliphatic rings. The zero-order valence-electron chi connectivity index (χ0n) is 17.8. The van der Waals surface area contributed by atoms with Gasteiger partial charge in [0.15, 0.2) is 0 Å². The number of halogens is 3. The number of hydrazine groups is 1. The fourth-order valence-corrected chi connectivity index (χ4v) is 4.34. The molecule has 0 saturated carbocycles. The summed E-state index contributed by atoms with van der Waals surface area (Å²) < 4.78 is 40.5. The van der Waals surface area contributed by atoms with Gasteiger partial charge in [-0.15, -0.1) is 0 Å². The zero-order chi connectivity index (χ0) is 23.3. The number of hydrogen-bond acceptors (Lipinski definition) is 4. The van der Waals surface area contributed by atoms with E-state index in [2.05, 4.69) is 10.3 Å². The van der Waals surface area contributed by atoms with Crippen molar-refractivity contribution in [2.75, 3.05) is 43.1 Å². The van der Waals surface area contributed by atoms with E-state index >= 15 is 0 Å². The summed E-state index contributed by atoms with van der Waals surface area (Å²) in [6, 6.07) is 10.9. The van der Waals surface area contributed by atoms with Gasteiger partial charge < -0.3 is 9.80 Å². The van der Waals surface area contributed by atoms with Crippen LogP contribution in [0.3, 0.4) is 0 Å². The number of rotatable bonds is 1. The van der Waals surface area contributed by atoms with Gasteiger partial charge in [-0.1, -0.05) is 18.2 Å². The first kappa shape index (κ1) is 21.5. The Kier molecular flexibility index (Phi) is 5.13. The first-order valence-corrected chi connectivity index (χ1v) is 10.6. The highest BCUT2D eigenvalue weighted by molar-refractivity contribution is 6.11. The number of likely N-dealkylation sites (N-methyl/N-ethyl adjacent to an activating group) is 1. The second-order valence-electron chi connectivity index (χ2n) is 8.34. The quantitative estimate of drug-likeness (QED) is 0.714. The third-order valence-electron chi connectivity index (χ3n) is 6.21. The van der Waals surface area contributed by atoms with E-state index in [1.54, 1.807) is 35.2 Å². The van der Waals surface area contributed by atoms with Crippen molar-refractivity contribution >= 4 is 23.3 Å². The lowest BCUT2D eigenvalue weighted by Crippen LogP contribution is -2.51. The Morgan fingerprint density at radius 2 is 1.73 bits per heavy atom. The van der Waals surface area contributed by atoms with E-state index in [-0.39, 0.29) is 17.2 Å². The van der Waals surface area contributed by atoms with Crippen LogP contribution in [0.4, 0.5) is 29.3 Å². The summed E-state index contributed by atoms with van der Waals surface area (Å²) in [4.78, 5) is 31.7. The lowest BCUT2D eigenvalue weighted by atomic mass is 9.93. The molecule has 1 N–H and O–H groups in total. The summed E-state index contributed by atoms with van der Waals surface area (Å²) in [5.74, 6) is -0.412. The monoisotopic (exact) mass is 457 g/mol. The van der Waals surface area contributed by atoms with Gasteiger partial charge in [0.05, 0.1) is 28.6 Å². The lowest BCUT2D eigenvalue weighted by Gasteiger charge is -2.37. The Morgan fingerprint density at radius 1 is 1.03 bits per heavy atom. The molecule has 1 atom stereocenters. The highest BCUT2D eigenvalue weighted by Gasteiger charge is 2.44. The minimum Gasteiger partial charge on any atom is -0.321 e. The molecule has 2 aromatic carbocycles. The molecule has 2 aromatic rings. The number of alkyl halides is 3. The summed E-state index contributed by atoms with van der Waals surface area (Å²) in [5, 5.41) is 1.31. The number of hydrogen-bond donors (Lipinski definition) is 1. The van der Waals surface area contributed by atoms with E-state index < -0.39 is 23.7 Å². The molecule has 2 fully saturated rings. The van der Waals surface area contributed by atoms with Crippen molar-refractivity contribution < 1.29 is 22.8 Å². The third kappa shape index (κ3) is 3.75. The summed E-state index contributed by atoms with van der Waals surface area (Å²) >= 11 is 0. The maximum atomic E-state index is 13.5. The van der Waals surface area contributed by atoms with E-state index in [0.29, 0.717) is 37.6 Å². The average molecular weight is 457 g/mol. The van der Waals surface area contributed by atoms with Crippen LogP contribution in [-0.4, -0.2) is 55.0 Å². The zero-order valence-corrected chi connectivity index (χ0v) is 17.8. The summed E-state index contributed by atoms with van der Waals surface area (Å²) in [6.07, 6.45) is -3.09. The second-order valence-corrected chi connectivity index (χ2v) is 8.34. The molecule has 3 amide bonds. The van der Waals surface area contributed by atoms with Gasteiger partial charge in [-0.2, -0.15) is 13.2 Å². The molecule has 172 valence electrons. The lowest BCUT2D eigenvalue weighted by molar-refractivity contribution is -0.137. The highest BCUT2D eigenvalue weighted by Crippen LogP contribution is 2.44. The molecule has 3 heterocycles. The third-order valence-corrected chi connectivity index (χ3v) is 6.21. The number of anilines is 2. The Hall–Kier alpha value is -3.37. The van der Waals surface area contributed by atoms with E-state index in [9.17, 15) is 22.8 Å². The predicted octanol–water partition coefficient (Wildman–Crippen LogP) is 3.37. The van der Waals surface area contributed by atoms with Crippen LogP contribution in [0.5, 0.6) is 0 Å². The minimum atomic E-state index is -4.55. The minimum absolute atomic E-state index is 0.216. The Labute approximate surface area is 188 Å². The first-order valence-electron chi connectivity index (χ1n) is 10.6. The summed E-state index contributed by atoms with van der Waals surface area (Å²) in [7, 11) is 1.96. The normalized spacial score (nSPS) is 21.1. The number of nitrogens with zero attached hydrogens (tertiary/aromatic N) is 4. The van der Waals surface area contributed by atoms with Crippen molar-refractivity contribution in [3.8, 4) is 0 Å². The van der Waals surface area contributed by atoms with Crippen LogP contribution in [0, 0.1) is 0 Å². The van der Waals surface area contributed by atoms with Crippen molar-refractivity contribution in [3.63, 3.8) is 0 Å². The molecular formula is C23H22F3N5O2. The highest BCUT2D eigenvalue weighted by atomic mass is 19.4. The smallest absolute Gasteiger partial charge is 0.321 e. The van der Waals surface area contributed by atoms with E-state index in [1.165, 1.54) is 22.2 Å². The number of fused-ring (bicyclic) bond motifs is 3. The van der Waals surface area contributed by atoms with Crippen molar-refractivity contribution in [2.45, 2.75) is 12.2 Å². The largest absolute Gasteiger partial charge is 0.416 e. The van der Waals surface area contributed by atoms with Crippen LogP contribution >= 0.6 is 0 Å². The van der Waals surface area contributed by atoms with Crippen LogP contribution in [0.1, 0.15) is 17.2 Å². The molecule has 10 heteroatoms. The van der Waals surface area contributed by atoms with Crippen molar-refractivity contribution in [1.82, 2.24) is 15.2 Å². The maximum absolute atomic E-state index is 13.5. The number of piperazine rings is 1. The van der Waals surface area contributed by atoms with Gasteiger partial charge in [-0.05, 0) is 37.4 Å². The summed E-state index contributed by atoms with van der Waals surface area (Å²) in [6.45, 7) is 2.38. The molecule has 7 nitrogen and oxygen atoms in total. The molecule has 0 spiro atoms. The van der Waals surface area contributed by atoms with Crippen molar-refractivity contribution in [2.24, 2.45) is 0 Å². The van der Waals surface area contributed by atoms with E-state index in [4.69, 9.17) is 0 Å². The number of benzene rings is 2. The Bertz CT molecular complexity index is 1130. The number of nitrogens with one attached hydrogen (secondary N) is 1. The number of carbonyl (C=O) groups is 2. The fraction of sp³-hybridized carbons (Fsp3) is 0.304. The number of urea groups is 1. The van der Waals surface area contributed by atoms with Crippen molar-refractivity contribution in [3.05, 3.63) is 71.4 Å². The Balaban J connectivity index is 1.57. The number of para-hydroxylation sites is 1. The van der Waals surface area contributed by atoms with Gasteiger partial charge in [0.1, 0.15) is 0 Å². The molecule has 0 aliphatic carbocycles. The topological polar surface area (TPSA) is 59.1 Å². The van der Waals surface area contributed by atoms with Crippen LogP contribution < -0.4 is 15.3 Å². The molecule has 33 heavy (non-hydrogen) atoms. The molecule has 0 bridgehead atoms. The van der Waals surface area contributed by atoms with Crippen LogP contribution in [0.2, 0.25) is 0 Å². The predicted molar refractivity (Wildman–Crippen MR) is 116 cm³/mol. The molecule has 3 aliphatic heterocycles. The first-order chi connectivity index (χ1) is 15.7. The molecule has 0 radical (unpaired) electrons. The average Bonchev–Trinajstić information content (AvgIpc) is 3.15. The van der Waals surface area contributed by atoms with Gasteiger partial charge in [-0.25, -0.2) is 15.2 Å². The molecule has 0 aromatic heterocycles. The molecule has 2 saturated heterocycles. The summed E-state index contributed by atoms with van der Waals surface area (Å²) in [5.41, 5.74) is 3.53. The van der Waals surface area contributed by atoms with Gasteiger partial charge in [-0.3, -0.25) is 9.69 Å². The van der Waals surface area contributed by atoms with Gasteiger partial charge in [0.2, 0.25) is 0 Å². The number of amides is 3. The van der Waals surface area contributed by atoms with Gasteiger partial charge in [0.25, 0.3) is 5.91 Å². The fourth-order valence-electron chi connectivity index (χ4n) is 4.34. The van der Waals surface area contributed by atoms with Crippen LogP contribution in [0.25, 0.3) is 0 Å². The van der Waals surface area contributed by atoms with Gasteiger partial charge >= 0.3 is 12.2 Å². The van der Waals surface area contributed by atoms with Crippen LogP contribution in [-0.2, 0) is 11.0 Å². The Morgan fingerprint density at radius 3 is 2.39 bits per heavy atom. The maximum Gasteiger partial charge on any atom is 0.416 e. The molecular weight excluding hydrogens is 435 g/mol.